The van der Waals surface area contributed by atoms with E-state index >= 15 is 0 Å². The van der Waals surface area contributed by atoms with Crippen molar-refractivity contribution >= 4 is 19.8 Å². The highest BCUT2D eigenvalue weighted by molar-refractivity contribution is 7.47. The Morgan fingerprint density at radius 1 is 0.627 bits per heavy atom. The fraction of sp³-hybridized carbons (Fsp3) is 0.622. The summed E-state index contributed by atoms with van der Waals surface area (Å²) in [6.45, 7) is 2.89. The standard InChI is InChI=1S/C37H59O13P/c1-3-5-7-9-11-13-14-15-16-18-20-22-24-26-31(39)49-29(27-47-30(38)25-23-21-19-17-12-10-8-6-4-2)28-48-51(45,46)50-37-35(43)33(41)32(40)34(42)36(37)44/h5-9,11-17,29,32-37,40-44H,3-4,10,18-28H2,1-2H3,(H,45,46)/b7-5+,8-6+,11-9+,14-13+,16-15+,17-12+/t29?,32?,33-,34?,35?,36?,37?/m1/s1. The maximum absolute atomic E-state index is 12.7. The molecule has 0 bridgehead atoms. The van der Waals surface area contributed by atoms with Crippen molar-refractivity contribution in [2.24, 2.45) is 0 Å². The quantitative estimate of drug-likeness (QED) is 0.0231. The number of esters is 2. The fourth-order valence-electron chi connectivity index (χ4n) is 4.74. The number of phosphoric ester groups is 1. The molecule has 7 unspecified atom stereocenters. The monoisotopic (exact) mass is 742 g/mol. The highest BCUT2D eigenvalue weighted by Crippen LogP contribution is 2.47. The lowest BCUT2D eigenvalue weighted by Gasteiger charge is -2.41. The topological polar surface area (TPSA) is 210 Å². The molecule has 0 amide bonds. The normalized spacial score (nSPS) is 24.8. The lowest BCUT2D eigenvalue weighted by Crippen LogP contribution is -2.64. The first-order valence-corrected chi connectivity index (χ1v) is 19.3. The number of carbonyl (C=O) groups is 2. The average Bonchev–Trinajstić information content (AvgIpc) is 3.10. The number of phosphoric acid groups is 1. The number of aliphatic hydroxyl groups is 5. The molecule has 51 heavy (non-hydrogen) atoms. The van der Waals surface area contributed by atoms with Crippen molar-refractivity contribution in [1.29, 1.82) is 0 Å². The van der Waals surface area contributed by atoms with E-state index in [0.717, 1.165) is 51.4 Å². The lowest BCUT2D eigenvalue weighted by atomic mass is 9.85. The fourth-order valence-corrected chi connectivity index (χ4v) is 5.72. The summed E-state index contributed by atoms with van der Waals surface area (Å²) in [5.41, 5.74) is 0. The number of carbonyl (C=O) groups excluding carboxylic acids is 2. The van der Waals surface area contributed by atoms with Gasteiger partial charge in [0.05, 0.1) is 6.61 Å². The van der Waals surface area contributed by atoms with Crippen molar-refractivity contribution in [3.8, 4) is 0 Å². The van der Waals surface area contributed by atoms with Gasteiger partial charge in [0.25, 0.3) is 0 Å². The first-order chi connectivity index (χ1) is 24.4. The Morgan fingerprint density at radius 3 is 1.82 bits per heavy atom. The van der Waals surface area contributed by atoms with Gasteiger partial charge in [-0.05, 0) is 57.8 Å². The van der Waals surface area contributed by atoms with Gasteiger partial charge in [-0.15, -0.1) is 0 Å². The van der Waals surface area contributed by atoms with Gasteiger partial charge in [-0.1, -0.05) is 93.2 Å². The molecule has 1 rings (SSSR count). The summed E-state index contributed by atoms with van der Waals surface area (Å²) < 4.78 is 33.1. The van der Waals surface area contributed by atoms with Crippen LogP contribution < -0.4 is 0 Å². The Kier molecular flexibility index (Phi) is 25.3. The highest BCUT2D eigenvalue weighted by Gasteiger charge is 2.51. The number of aliphatic hydroxyl groups excluding tert-OH is 5. The van der Waals surface area contributed by atoms with E-state index in [1.807, 2.05) is 48.6 Å². The van der Waals surface area contributed by atoms with Crippen LogP contribution >= 0.6 is 7.82 Å². The number of allylic oxidation sites excluding steroid dienone is 12. The summed E-state index contributed by atoms with van der Waals surface area (Å²) in [4.78, 5) is 35.3. The van der Waals surface area contributed by atoms with E-state index in [4.69, 9.17) is 18.5 Å². The molecule has 0 aromatic rings. The average molecular weight is 743 g/mol. The van der Waals surface area contributed by atoms with Crippen LogP contribution in [0.25, 0.3) is 0 Å². The third kappa shape index (κ3) is 21.4. The summed E-state index contributed by atoms with van der Waals surface area (Å²) in [5.74, 6) is -1.20. The van der Waals surface area contributed by atoms with E-state index in [9.17, 15) is 44.6 Å². The molecular formula is C37H59O13P. The van der Waals surface area contributed by atoms with Crippen LogP contribution in [0.4, 0.5) is 0 Å². The van der Waals surface area contributed by atoms with Crippen LogP contribution in [0.5, 0.6) is 0 Å². The van der Waals surface area contributed by atoms with Gasteiger partial charge >= 0.3 is 19.8 Å². The zero-order valence-corrected chi connectivity index (χ0v) is 30.8. The Balaban J connectivity index is 2.64. The molecule has 0 saturated heterocycles. The van der Waals surface area contributed by atoms with E-state index in [1.165, 1.54) is 0 Å². The maximum atomic E-state index is 12.7. The Bertz CT molecular complexity index is 1180. The molecule has 6 N–H and O–H groups in total. The van der Waals surface area contributed by atoms with Crippen LogP contribution in [0.1, 0.15) is 90.9 Å². The zero-order chi connectivity index (χ0) is 37.9. The number of hydrogen-bond acceptors (Lipinski definition) is 12. The molecule has 0 spiro atoms. The van der Waals surface area contributed by atoms with Crippen LogP contribution in [-0.2, 0) is 32.7 Å². The summed E-state index contributed by atoms with van der Waals surface area (Å²) >= 11 is 0. The molecule has 1 aliphatic rings. The highest BCUT2D eigenvalue weighted by atomic mass is 31.2. The van der Waals surface area contributed by atoms with Crippen LogP contribution in [0.2, 0.25) is 0 Å². The number of ether oxygens (including phenoxy) is 2. The van der Waals surface area contributed by atoms with Crippen LogP contribution in [0.15, 0.2) is 72.9 Å². The summed E-state index contributed by atoms with van der Waals surface area (Å²) in [5, 5.41) is 49.8. The molecule has 0 aromatic heterocycles. The number of rotatable bonds is 26. The second kappa shape index (κ2) is 27.9. The van der Waals surface area contributed by atoms with Gasteiger partial charge in [0.1, 0.15) is 43.2 Å². The van der Waals surface area contributed by atoms with Gasteiger partial charge in [0.2, 0.25) is 0 Å². The molecular weight excluding hydrogens is 683 g/mol. The third-order valence-electron chi connectivity index (χ3n) is 7.64. The SMILES string of the molecule is CC/C=C/C=C/C=C/C=C/CCCCCC(=O)OC(COC(=O)CCCC/C=C/C/C=C/CC)COP(=O)(O)OC1C(O)C(O)C(O)[C@@H](O)C1O. The molecule has 1 saturated carbocycles. The minimum absolute atomic E-state index is 0.0394. The molecule has 290 valence electrons. The van der Waals surface area contributed by atoms with Gasteiger partial charge in [0.15, 0.2) is 6.10 Å². The Hall–Kier alpha value is -2.71. The lowest BCUT2D eigenvalue weighted by molar-refractivity contribution is -0.220. The smallest absolute Gasteiger partial charge is 0.462 e. The van der Waals surface area contributed by atoms with Crippen molar-refractivity contribution in [1.82, 2.24) is 0 Å². The molecule has 8 atom stereocenters. The van der Waals surface area contributed by atoms with Crippen molar-refractivity contribution in [2.45, 2.75) is 134 Å². The van der Waals surface area contributed by atoms with Crippen LogP contribution in [0, 0.1) is 0 Å². The summed E-state index contributed by atoms with van der Waals surface area (Å²) in [6.07, 6.45) is 18.7. The Labute approximate surface area is 302 Å². The first-order valence-electron chi connectivity index (χ1n) is 17.8. The van der Waals surface area contributed by atoms with Gasteiger partial charge in [-0.3, -0.25) is 18.6 Å². The van der Waals surface area contributed by atoms with E-state index in [1.54, 1.807) is 0 Å². The van der Waals surface area contributed by atoms with Crippen molar-refractivity contribution in [3.05, 3.63) is 72.9 Å². The maximum Gasteiger partial charge on any atom is 0.472 e. The van der Waals surface area contributed by atoms with E-state index in [2.05, 4.69) is 38.2 Å². The molecule has 0 aliphatic heterocycles. The molecule has 13 nitrogen and oxygen atoms in total. The second-order valence-electron chi connectivity index (χ2n) is 12.0. The minimum Gasteiger partial charge on any atom is -0.462 e. The Morgan fingerprint density at radius 2 is 1.16 bits per heavy atom. The van der Waals surface area contributed by atoms with E-state index < -0.39 is 75.7 Å². The molecule has 0 aromatic carbocycles. The predicted molar refractivity (Wildman–Crippen MR) is 193 cm³/mol. The molecule has 14 heteroatoms. The predicted octanol–water partition coefficient (Wildman–Crippen LogP) is 4.82. The van der Waals surface area contributed by atoms with Gasteiger partial charge in [-0.25, -0.2) is 4.57 Å². The number of hydrogen-bond donors (Lipinski definition) is 6. The molecule has 1 fully saturated rings. The first kappa shape index (κ1) is 46.3. The molecule has 0 radical (unpaired) electrons. The van der Waals surface area contributed by atoms with E-state index in [-0.39, 0.29) is 12.8 Å². The second-order valence-corrected chi connectivity index (χ2v) is 13.5. The molecule has 1 aliphatic carbocycles. The van der Waals surface area contributed by atoms with Crippen molar-refractivity contribution in [2.75, 3.05) is 13.2 Å². The number of unbranched alkanes of at least 4 members (excludes halogenated alkanes) is 5. The van der Waals surface area contributed by atoms with Crippen molar-refractivity contribution in [3.63, 3.8) is 0 Å². The molecule has 0 heterocycles. The minimum atomic E-state index is -5.13. The summed E-state index contributed by atoms with van der Waals surface area (Å²) in [7, 11) is -5.13. The van der Waals surface area contributed by atoms with Gasteiger partial charge in [0, 0.05) is 12.8 Å². The third-order valence-corrected chi connectivity index (χ3v) is 8.62. The largest absolute Gasteiger partial charge is 0.472 e. The van der Waals surface area contributed by atoms with Crippen LogP contribution in [-0.4, -0.2) is 98.3 Å². The van der Waals surface area contributed by atoms with Crippen molar-refractivity contribution < 1.29 is 63.1 Å². The summed E-state index contributed by atoms with van der Waals surface area (Å²) in [6, 6.07) is 0. The van der Waals surface area contributed by atoms with Gasteiger partial charge < -0.3 is 39.9 Å². The van der Waals surface area contributed by atoms with E-state index in [0.29, 0.717) is 12.8 Å². The van der Waals surface area contributed by atoms with Crippen LogP contribution in [0.3, 0.4) is 0 Å². The zero-order valence-electron chi connectivity index (χ0n) is 29.9. The van der Waals surface area contributed by atoms with Gasteiger partial charge in [-0.2, -0.15) is 0 Å².